The zero-order chi connectivity index (χ0) is 18.6. The van der Waals surface area contributed by atoms with Crippen molar-refractivity contribution < 1.29 is 5.11 Å². The van der Waals surface area contributed by atoms with Crippen molar-refractivity contribution in [2.45, 2.75) is 149 Å². The molecule has 0 aromatic heterocycles. The molecule has 0 rings (SSSR count). The highest BCUT2D eigenvalue weighted by molar-refractivity contribution is 4.69. The van der Waals surface area contributed by atoms with E-state index in [1.807, 2.05) is 0 Å². The molecule has 0 aromatic rings. The lowest BCUT2D eigenvalue weighted by Gasteiger charge is -2.21. The first-order chi connectivity index (χ1) is 12.3. The van der Waals surface area contributed by atoms with Crippen molar-refractivity contribution in [3.63, 3.8) is 0 Å². The molecule has 0 aliphatic carbocycles. The lowest BCUT2D eigenvalue weighted by molar-refractivity contribution is 0.0204. The molecule has 151 valence electrons. The first-order valence-corrected chi connectivity index (χ1v) is 11.9. The van der Waals surface area contributed by atoms with Gasteiger partial charge in [-0.15, -0.1) is 0 Å². The molecule has 1 radical (unpaired) electrons. The monoisotopic (exact) mass is 353 g/mol. The van der Waals surface area contributed by atoms with Crippen molar-refractivity contribution in [1.82, 2.24) is 0 Å². The second kappa shape index (κ2) is 20.3. The molecule has 0 heterocycles. The van der Waals surface area contributed by atoms with E-state index in [4.69, 9.17) is 0 Å². The van der Waals surface area contributed by atoms with Crippen LogP contribution in [-0.4, -0.2) is 6.10 Å². The number of hydrogen-bond donors (Lipinski definition) is 0. The van der Waals surface area contributed by atoms with Crippen LogP contribution >= 0.6 is 0 Å². The Bertz CT molecular complexity index is 238. The van der Waals surface area contributed by atoms with Crippen LogP contribution in [0.15, 0.2) is 0 Å². The average Bonchev–Trinajstić information content (AvgIpc) is 2.61. The highest BCUT2D eigenvalue weighted by Crippen LogP contribution is 2.24. The quantitative estimate of drug-likeness (QED) is 0.195. The lowest BCUT2D eigenvalue weighted by Crippen LogP contribution is -2.19. The summed E-state index contributed by atoms with van der Waals surface area (Å²) >= 11 is 0. The van der Waals surface area contributed by atoms with Gasteiger partial charge in [-0.3, -0.25) is 0 Å². The molecule has 0 spiro atoms. The van der Waals surface area contributed by atoms with Crippen molar-refractivity contribution in [3.8, 4) is 0 Å². The van der Waals surface area contributed by atoms with Crippen molar-refractivity contribution in [1.29, 1.82) is 0 Å². The van der Waals surface area contributed by atoms with Crippen LogP contribution in [0.3, 0.4) is 0 Å². The maximum absolute atomic E-state index is 12.4. The normalized spacial score (nSPS) is 13.9. The molecule has 0 N–H and O–H groups in total. The topological polar surface area (TPSA) is 19.9 Å². The fourth-order valence-electron chi connectivity index (χ4n) is 3.94. The first kappa shape index (κ1) is 25.0. The first-order valence-electron chi connectivity index (χ1n) is 11.9. The molecule has 0 aromatic carbocycles. The maximum atomic E-state index is 12.4. The van der Waals surface area contributed by atoms with Gasteiger partial charge in [0.2, 0.25) is 0 Å². The summed E-state index contributed by atoms with van der Waals surface area (Å²) in [7, 11) is 0. The second-order valence-corrected chi connectivity index (χ2v) is 8.26. The third-order valence-electron chi connectivity index (χ3n) is 5.71. The molecule has 0 saturated carbocycles. The molecule has 2 atom stereocenters. The third-order valence-corrected chi connectivity index (χ3v) is 5.71. The van der Waals surface area contributed by atoms with E-state index < -0.39 is 0 Å². The molecule has 0 fully saturated rings. The molecule has 1 heteroatoms. The zero-order valence-electron chi connectivity index (χ0n) is 18.0. The Kier molecular flexibility index (Phi) is 20.2. The summed E-state index contributed by atoms with van der Waals surface area (Å²) in [4.78, 5) is 0. The Morgan fingerprint density at radius 3 is 1.20 bits per heavy atom. The Labute approximate surface area is 160 Å². The van der Waals surface area contributed by atoms with Crippen molar-refractivity contribution in [3.05, 3.63) is 0 Å². The highest BCUT2D eigenvalue weighted by Gasteiger charge is 2.19. The van der Waals surface area contributed by atoms with Gasteiger partial charge in [0.15, 0.2) is 0 Å². The Balaban J connectivity index is 3.62. The van der Waals surface area contributed by atoms with E-state index in [9.17, 15) is 5.11 Å². The highest BCUT2D eigenvalue weighted by atomic mass is 16.3. The minimum absolute atomic E-state index is 0.297. The number of unbranched alkanes of at least 4 members (excludes halogenated alkanes) is 13. The molecule has 1 nitrogen and oxygen atoms in total. The van der Waals surface area contributed by atoms with Crippen LogP contribution in [0.5, 0.6) is 0 Å². The standard InChI is InChI=1S/C24H49O/c1-4-7-9-11-12-13-14-15-16-17-19-22-23(24(25)20-6-3)21-18-10-8-5-2/h23-24H,4-22H2,1-3H3. The summed E-state index contributed by atoms with van der Waals surface area (Å²) in [6, 6.07) is 0. The van der Waals surface area contributed by atoms with Crippen LogP contribution in [0.25, 0.3) is 0 Å². The zero-order valence-corrected chi connectivity index (χ0v) is 18.0. The van der Waals surface area contributed by atoms with Gasteiger partial charge >= 0.3 is 0 Å². The van der Waals surface area contributed by atoms with Gasteiger partial charge in [-0.2, -0.15) is 0 Å². The smallest absolute Gasteiger partial charge is 0.0958 e. The van der Waals surface area contributed by atoms with E-state index >= 15 is 0 Å². The number of rotatable bonds is 20. The largest absolute Gasteiger partial charge is 0.233 e. The maximum Gasteiger partial charge on any atom is 0.0958 e. The fraction of sp³-hybridized carbons (Fsp3) is 1.00. The number of hydrogen-bond acceptors (Lipinski definition) is 0. The van der Waals surface area contributed by atoms with E-state index in [1.165, 1.54) is 109 Å². The minimum atomic E-state index is -0.297. The predicted molar refractivity (Wildman–Crippen MR) is 113 cm³/mol. The van der Waals surface area contributed by atoms with E-state index in [-0.39, 0.29) is 6.10 Å². The lowest BCUT2D eigenvalue weighted by atomic mass is 9.88. The molecule has 0 aliphatic heterocycles. The summed E-state index contributed by atoms with van der Waals surface area (Å²) in [5, 5.41) is 12.4. The van der Waals surface area contributed by atoms with E-state index in [0.717, 1.165) is 12.8 Å². The van der Waals surface area contributed by atoms with Crippen LogP contribution in [0.4, 0.5) is 0 Å². The molecular formula is C24H49O. The van der Waals surface area contributed by atoms with Crippen LogP contribution < -0.4 is 0 Å². The van der Waals surface area contributed by atoms with Crippen molar-refractivity contribution >= 4 is 0 Å². The summed E-state index contributed by atoms with van der Waals surface area (Å²) in [5.41, 5.74) is 0. The van der Waals surface area contributed by atoms with Gasteiger partial charge in [-0.1, -0.05) is 124 Å². The van der Waals surface area contributed by atoms with E-state index in [1.54, 1.807) is 0 Å². The van der Waals surface area contributed by atoms with Crippen molar-refractivity contribution in [2.24, 2.45) is 5.92 Å². The Hall–Kier alpha value is -0.0400. The Morgan fingerprint density at radius 1 is 0.440 bits per heavy atom. The van der Waals surface area contributed by atoms with E-state index in [2.05, 4.69) is 20.8 Å². The predicted octanol–water partition coefficient (Wildman–Crippen LogP) is 8.87. The molecule has 0 amide bonds. The molecular weight excluding hydrogens is 304 g/mol. The van der Waals surface area contributed by atoms with Gasteiger partial charge in [0.1, 0.15) is 0 Å². The summed E-state index contributed by atoms with van der Waals surface area (Å²) < 4.78 is 0. The molecule has 25 heavy (non-hydrogen) atoms. The SMILES string of the molecule is CCCCCCCCCCCCCC(CCCCCC)C([O])CCC. The molecule has 2 unspecified atom stereocenters. The van der Waals surface area contributed by atoms with Crippen LogP contribution in [0.2, 0.25) is 0 Å². The average molecular weight is 354 g/mol. The van der Waals surface area contributed by atoms with Gasteiger partial charge in [-0.05, 0) is 25.2 Å². The van der Waals surface area contributed by atoms with Gasteiger partial charge in [0.25, 0.3) is 0 Å². The van der Waals surface area contributed by atoms with Crippen molar-refractivity contribution in [2.75, 3.05) is 0 Å². The van der Waals surface area contributed by atoms with Gasteiger partial charge < -0.3 is 0 Å². The summed E-state index contributed by atoms with van der Waals surface area (Å²) in [6.45, 7) is 6.70. The molecule has 0 aliphatic rings. The minimum Gasteiger partial charge on any atom is -0.233 e. The third kappa shape index (κ3) is 17.1. The van der Waals surface area contributed by atoms with Gasteiger partial charge in [0.05, 0.1) is 6.10 Å². The van der Waals surface area contributed by atoms with E-state index in [0.29, 0.717) is 5.92 Å². The molecule has 0 bridgehead atoms. The van der Waals surface area contributed by atoms with Crippen LogP contribution in [-0.2, 0) is 5.11 Å². The Morgan fingerprint density at radius 2 is 0.800 bits per heavy atom. The fourth-order valence-corrected chi connectivity index (χ4v) is 3.94. The summed E-state index contributed by atoms with van der Waals surface area (Å²) in [5.74, 6) is 0.454. The molecule has 0 saturated heterocycles. The van der Waals surface area contributed by atoms with Gasteiger partial charge in [0, 0.05) is 0 Å². The summed E-state index contributed by atoms with van der Waals surface area (Å²) in [6.07, 6.45) is 24.6. The second-order valence-electron chi connectivity index (χ2n) is 8.26. The van der Waals surface area contributed by atoms with Crippen LogP contribution in [0.1, 0.15) is 143 Å². The van der Waals surface area contributed by atoms with Gasteiger partial charge in [-0.25, -0.2) is 5.11 Å². The van der Waals surface area contributed by atoms with Crippen LogP contribution in [0, 0.1) is 5.92 Å².